The van der Waals surface area contributed by atoms with Crippen LogP contribution < -0.4 is 9.64 Å². The Labute approximate surface area is 170 Å². The highest BCUT2D eigenvalue weighted by atomic mass is 16.5. The maximum atomic E-state index is 12.6. The van der Waals surface area contributed by atoms with Gasteiger partial charge in [0.25, 0.3) is 0 Å². The molecule has 1 aliphatic rings. The number of esters is 1. The smallest absolute Gasteiger partial charge is 0.326 e. The van der Waals surface area contributed by atoms with Gasteiger partial charge in [0.05, 0.1) is 18.7 Å². The van der Waals surface area contributed by atoms with Gasteiger partial charge < -0.3 is 14.0 Å². The van der Waals surface area contributed by atoms with Crippen LogP contribution in [-0.4, -0.2) is 42.0 Å². The Morgan fingerprint density at radius 2 is 1.93 bits per heavy atom. The van der Waals surface area contributed by atoms with E-state index in [4.69, 9.17) is 9.47 Å². The summed E-state index contributed by atoms with van der Waals surface area (Å²) in [6, 6.07) is 9.09. The van der Waals surface area contributed by atoms with Crippen molar-refractivity contribution in [1.82, 2.24) is 4.57 Å². The average Bonchev–Trinajstić information content (AvgIpc) is 2.89. The summed E-state index contributed by atoms with van der Waals surface area (Å²) in [5.74, 6) is -0.576. The Bertz CT molecular complexity index is 945. The van der Waals surface area contributed by atoms with Gasteiger partial charge in [-0.1, -0.05) is 12.1 Å². The van der Waals surface area contributed by atoms with Crippen LogP contribution in [-0.2, 0) is 14.3 Å². The Hall–Kier alpha value is -3.09. The number of aryl methyl sites for hydroxylation is 1. The maximum absolute atomic E-state index is 12.6. The van der Waals surface area contributed by atoms with Crippen LogP contribution in [0.2, 0.25) is 0 Å². The van der Waals surface area contributed by atoms with Crippen molar-refractivity contribution < 1.29 is 23.9 Å². The predicted octanol–water partition coefficient (Wildman–Crippen LogP) is 3.23. The van der Waals surface area contributed by atoms with Crippen molar-refractivity contribution in [1.29, 1.82) is 0 Å². The third-order valence-corrected chi connectivity index (χ3v) is 4.98. The molecule has 1 aromatic carbocycles. The number of ether oxygens (including phenoxy) is 2. The molecule has 154 valence electrons. The summed E-state index contributed by atoms with van der Waals surface area (Å²) in [6.45, 7) is 7.56. The number of aromatic nitrogens is 1. The van der Waals surface area contributed by atoms with Gasteiger partial charge >= 0.3 is 5.97 Å². The highest BCUT2D eigenvalue weighted by Gasteiger charge is 2.26. The molecule has 2 heterocycles. The van der Waals surface area contributed by atoms with Gasteiger partial charge in [0.2, 0.25) is 11.7 Å². The van der Waals surface area contributed by atoms with Crippen LogP contribution in [0.1, 0.15) is 48.1 Å². The monoisotopic (exact) mass is 398 g/mol. The van der Waals surface area contributed by atoms with Crippen molar-refractivity contribution in [3.8, 4) is 5.75 Å². The van der Waals surface area contributed by atoms with E-state index in [0.717, 1.165) is 11.4 Å². The molecule has 0 N–H and O–H groups in total. The van der Waals surface area contributed by atoms with Crippen molar-refractivity contribution >= 4 is 23.3 Å². The molecule has 1 aliphatic heterocycles. The number of rotatable bonds is 6. The summed E-state index contributed by atoms with van der Waals surface area (Å²) in [7, 11) is 0. The second-order valence-corrected chi connectivity index (χ2v) is 7.38. The van der Waals surface area contributed by atoms with E-state index in [2.05, 4.69) is 4.57 Å². The number of hydrogen-bond donors (Lipinski definition) is 0. The average molecular weight is 398 g/mol. The van der Waals surface area contributed by atoms with Crippen molar-refractivity contribution in [3.63, 3.8) is 0 Å². The number of carbonyl (C=O) groups excluding carboxylic acids is 3. The van der Waals surface area contributed by atoms with Gasteiger partial charge in [-0.25, -0.2) is 0 Å². The van der Waals surface area contributed by atoms with E-state index in [1.165, 1.54) is 4.90 Å². The standard InChI is InChI=1S/C22H26N2O5/c1-14(2)24-15(3)11-17(16(24)4)19(25)13-29-22(27)12-23-18-7-5-6-8-20(18)28-10-9-21(23)26/h5-8,11,14H,9-10,12-13H2,1-4H3. The third kappa shape index (κ3) is 4.34. The molecule has 2 aromatic rings. The number of fused-ring (bicyclic) bond motifs is 1. The van der Waals surface area contributed by atoms with Gasteiger partial charge in [0, 0.05) is 23.0 Å². The molecule has 1 aromatic heterocycles. The lowest BCUT2D eigenvalue weighted by Crippen LogP contribution is -2.36. The van der Waals surface area contributed by atoms with Crippen LogP contribution in [0.4, 0.5) is 5.69 Å². The zero-order chi connectivity index (χ0) is 21.1. The maximum Gasteiger partial charge on any atom is 0.326 e. The van der Waals surface area contributed by atoms with Crippen LogP contribution in [0.3, 0.4) is 0 Å². The first-order valence-corrected chi connectivity index (χ1v) is 9.69. The normalized spacial score (nSPS) is 13.7. The van der Waals surface area contributed by atoms with Crippen molar-refractivity contribution in [2.75, 3.05) is 24.7 Å². The number of anilines is 1. The molecule has 7 nitrogen and oxygen atoms in total. The zero-order valence-corrected chi connectivity index (χ0v) is 17.2. The van der Waals surface area contributed by atoms with E-state index in [9.17, 15) is 14.4 Å². The number of nitrogens with zero attached hydrogens (tertiary/aromatic N) is 2. The molecule has 0 aliphatic carbocycles. The predicted molar refractivity (Wildman–Crippen MR) is 108 cm³/mol. The highest BCUT2D eigenvalue weighted by Crippen LogP contribution is 2.30. The molecule has 0 radical (unpaired) electrons. The summed E-state index contributed by atoms with van der Waals surface area (Å²) in [4.78, 5) is 38.7. The lowest BCUT2D eigenvalue weighted by atomic mass is 10.1. The second kappa shape index (κ2) is 8.51. The number of Topliss-reactive ketones (excluding diaryl/α,β-unsaturated/α-hetero) is 1. The lowest BCUT2D eigenvalue weighted by molar-refractivity contribution is -0.141. The largest absolute Gasteiger partial charge is 0.491 e. The minimum absolute atomic E-state index is 0.169. The van der Waals surface area contributed by atoms with Gasteiger partial charge in [-0.05, 0) is 45.9 Å². The first-order valence-electron chi connectivity index (χ1n) is 9.69. The van der Waals surface area contributed by atoms with Gasteiger partial charge in [-0.3, -0.25) is 19.3 Å². The Morgan fingerprint density at radius 1 is 1.21 bits per heavy atom. The molecule has 0 saturated carbocycles. The van der Waals surface area contributed by atoms with Crippen molar-refractivity contribution in [2.24, 2.45) is 0 Å². The minimum atomic E-state index is -0.638. The number of para-hydroxylation sites is 2. The van der Waals surface area contributed by atoms with Crippen LogP contribution in [0.15, 0.2) is 30.3 Å². The summed E-state index contributed by atoms with van der Waals surface area (Å²) in [6.07, 6.45) is 0.169. The zero-order valence-electron chi connectivity index (χ0n) is 17.2. The number of hydrogen-bond acceptors (Lipinski definition) is 5. The van der Waals surface area contributed by atoms with Crippen LogP contribution in [0, 0.1) is 13.8 Å². The fourth-order valence-electron chi connectivity index (χ4n) is 3.75. The summed E-state index contributed by atoms with van der Waals surface area (Å²) < 4.78 is 12.8. The molecular weight excluding hydrogens is 372 g/mol. The number of benzene rings is 1. The van der Waals surface area contributed by atoms with Crippen LogP contribution >= 0.6 is 0 Å². The molecule has 29 heavy (non-hydrogen) atoms. The Kier molecular flexibility index (Phi) is 6.06. The van der Waals surface area contributed by atoms with Crippen LogP contribution in [0.5, 0.6) is 5.75 Å². The number of amides is 1. The van der Waals surface area contributed by atoms with E-state index in [0.29, 0.717) is 17.0 Å². The first kappa shape index (κ1) is 20.6. The molecule has 0 fully saturated rings. The topological polar surface area (TPSA) is 77.8 Å². The second-order valence-electron chi connectivity index (χ2n) is 7.38. The highest BCUT2D eigenvalue weighted by molar-refractivity contribution is 6.01. The molecule has 0 unspecified atom stereocenters. The lowest BCUT2D eigenvalue weighted by Gasteiger charge is -2.20. The van der Waals surface area contributed by atoms with Gasteiger partial charge in [0.1, 0.15) is 12.3 Å². The minimum Gasteiger partial charge on any atom is -0.491 e. The van der Waals surface area contributed by atoms with Crippen LogP contribution in [0.25, 0.3) is 0 Å². The summed E-state index contributed by atoms with van der Waals surface area (Å²) >= 11 is 0. The molecule has 1 amide bonds. The fraction of sp³-hybridized carbons (Fsp3) is 0.409. The van der Waals surface area contributed by atoms with Gasteiger partial charge in [-0.2, -0.15) is 0 Å². The van der Waals surface area contributed by atoms with Crippen molar-refractivity contribution in [2.45, 2.75) is 40.2 Å². The molecular formula is C22H26N2O5. The molecule has 7 heteroatoms. The number of ketones is 1. The Morgan fingerprint density at radius 3 is 2.62 bits per heavy atom. The summed E-state index contributed by atoms with van der Waals surface area (Å²) in [5.41, 5.74) is 2.92. The van der Waals surface area contributed by atoms with E-state index < -0.39 is 5.97 Å². The molecule has 0 saturated heterocycles. The summed E-state index contributed by atoms with van der Waals surface area (Å²) in [5, 5.41) is 0. The van der Waals surface area contributed by atoms with E-state index in [1.54, 1.807) is 24.3 Å². The molecule has 0 atom stereocenters. The third-order valence-electron chi connectivity index (χ3n) is 4.98. The van der Waals surface area contributed by atoms with Gasteiger partial charge in [0.15, 0.2) is 6.61 Å². The Balaban J connectivity index is 1.67. The molecule has 3 rings (SSSR count). The SMILES string of the molecule is Cc1cc(C(=O)COC(=O)CN2C(=O)CCOc3ccccc32)c(C)n1C(C)C. The van der Waals surface area contributed by atoms with E-state index in [-0.39, 0.29) is 43.9 Å². The van der Waals surface area contributed by atoms with Gasteiger partial charge in [-0.15, -0.1) is 0 Å². The molecule has 0 spiro atoms. The fourth-order valence-corrected chi connectivity index (χ4v) is 3.75. The van der Waals surface area contributed by atoms with E-state index >= 15 is 0 Å². The number of carbonyl (C=O) groups is 3. The molecule has 0 bridgehead atoms. The van der Waals surface area contributed by atoms with E-state index in [1.807, 2.05) is 33.8 Å². The van der Waals surface area contributed by atoms with Crippen molar-refractivity contribution in [3.05, 3.63) is 47.3 Å². The first-order chi connectivity index (χ1) is 13.8. The quantitative estimate of drug-likeness (QED) is 0.551.